The van der Waals surface area contributed by atoms with E-state index in [-0.39, 0.29) is 35.7 Å². The van der Waals surface area contributed by atoms with Crippen molar-refractivity contribution in [1.29, 1.82) is 0 Å². The third-order valence-electron chi connectivity index (χ3n) is 11.0. The minimum Gasteiger partial charge on any atom is -0.590 e. The summed E-state index contributed by atoms with van der Waals surface area (Å²) in [5, 5.41) is 7.15. The zero-order valence-electron chi connectivity index (χ0n) is 32.4. The summed E-state index contributed by atoms with van der Waals surface area (Å²) in [6, 6.07) is 9.76. The summed E-state index contributed by atoms with van der Waals surface area (Å²) in [4.78, 5) is 70.9. The smallest absolute Gasteiger partial charge is 0.407 e. The van der Waals surface area contributed by atoms with Crippen LogP contribution in [0.5, 0.6) is 0 Å². The van der Waals surface area contributed by atoms with E-state index in [0.29, 0.717) is 34.1 Å². The minimum absolute atomic E-state index is 0.138. The number of H-pyrrole nitrogens is 2. The van der Waals surface area contributed by atoms with Crippen molar-refractivity contribution >= 4 is 54.9 Å². The van der Waals surface area contributed by atoms with E-state index in [0.717, 1.165) is 59.0 Å². The zero-order chi connectivity index (χ0) is 39.8. The fourth-order valence-electron chi connectivity index (χ4n) is 7.94. The predicted molar refractivity (Wildman–Crippen MR) is 211 cm³/mol. The molecule has 4 unspecified atom stereocenters. The largest absolute Gasteiger partial charge is 0.590 e. The van der Waals surface area contributed by atoms with Crippen LogP contribution in [0.4, 0.5) is 9.59 Å². The average molecular weight is 785 g/mol. The number of carbonyl (C=O) groups is 4. The number of fused-ring (bicyclic) bond motifs is 3. The van der Waals surface area contributed by atoms with Crippen LogP contribution < -0.4 is 10.6 Å². The van der Waals surface area contributed by atoms with Gasteiger partial charge in [-0.05, 0) is 60.4 Å². The van der Waals surface area contributed by atoms with Gasteiger partial charge in [0, 0.05) is 47.1 Å². The molecule has 2 aliphatic heterocycles. The van der Waals surface area contributed by atoms with Gasteiger partial charge < -0.3 is 44.4 Å². The Labute approximate surface area is 327 Å². The Hall–Kier alpha value is -5.48. The van der Waals surface area contributed by atoms with E-state index in [1.54, 1.807) is 22.2 Å². The number of imidazole rings is 2. The van der Waals surface area contributed by atoms with Crippen LogP contribution in [0.15, 0.2) is 48.8 Å². The summed E-state index contributed by atoms with van der Waals surface area (Å²) in [7, 11) is 1.10. The van der Waals surface area contributed by atoms with Crippen LogP contribution >= 0.6 is 10.8 Å². The second kappa shape index (κ2) is 15.9. The minimum atomic E-state index is -1.45. The Morgan fingerprint density at radius 1 is 0.732 bits per heavy atom. The number of hydrogen-bond donors (Lipinski definition) is 4. The van der Waals surface area contributed by atoms with Crippen molar-refractivity contribution in [2.75, 3.05) is 27.3 Å². The maximum atomic E-state index is 14.0. The highest BCUT2D eigenvalue weighted by molar-refractivity contribution is 7.37. The van der Waals surface area contributed by atoms with E-state index in [1.165, 1.54) is 14.2 Å². The van der Waals surface area contributed by atoms with E-state index in [9.17, 15) is 23.7 Å². The van der Waals surface area contributed by atoms with E-state index < -0.39 is 35.0 Å². The van der Waals surface area contributed by atoms with Crippen LogP contribution in [0.25, 0.3) is 42.7 Å². The van der Waals surface area contributed by atoms with Crippen LogP contribution in [-0.2, 0) is 19.1 Å². The Bertz CT molecular complexity index is 2120. The number of alkyl carbamates (subject to hydrolysis) is 2. The SMILES string of the molecule is COC(=O)NC(C(=O)N1CCCC1c1ncc(-c2ccc3c4ccc(-c5cnc(C6CCCN6C(=O)C(NC(=O)OC)C(C)C)[nH]5)cc4[s+]([O-])c3c2)[nH]1)C(C)C. The first-order chi connectivity index (χ1) is 26.9. The number of methoxy groups -OCH3 is 2. The number of nitrogens with one attached hydrogen (secondary N) is 4. The second-order valence-corrected chi connectivity index (χ2v) is 16.6. The van der Waals surface area contributed by atoms with Crippen LogP contribution in [0.1, 0.15) is 77.1 Å². The molecule has 0 spiro atoms. The lowest BCUT2D eigenvalue weighted by atomic mass is 10.0. The molecule has 4 atom stereocenters. The molecule has 16 heteroatoms. The van der Waals surface area contributed by atoms with Gasteiger partial charge in [-0.25, -0.2) is 19.6 Å². The van der Waals surface area contributed by atoms with Gasteiger partial charge in [-0.1, -0.05) is 39.8 Å². The zero-order valence-corrected chi connectivity index (χ0v) is 33.2. The van der Waals surface area contributed by atoms with Crippen molar-refractivity contribution in [2.24, 2.45) is 11.8 Å². The number of nitrogens with zero attached hydrogens (tertiary/aromatic N) is 4. The number of amides is 4. The quantitative estimate of drug-likeness (QED) is 0.113. The van der Waals surface area contributed by atoms with Gasteiger partial charge in [-0.15, -0.1) is 0 Å². The first-order valence-corrected chi connectivity index (χ1v) is 20.2. The highest BCUT2D eigenvalue weighted by atomic mass is 32.2. The molecule has 15 nitrogen and oxygen atoms in total. The summed E-state index contributed by atoms with van der Waals surface area (Å²) in [5.41, 5.74) is 3.13. The van der Waals surface area contributed by atoms with E-state index >= 15 is 0 Å². The van der Waals surface area contributed by atoms with Crippen molar-refractivity contribution in [1.82, 2.24) is 40.4 Å². The molecule has 2 aliphatic rings. The van der Waals surface area contributed by atoms with Gasteiger partial charge in [0.15, 0.2) is 9.40 Å². The number of likely N-dealkylation sites (tertiary alicyclic amines) is 2. The fraction of sp³-hybridized carbons (Fsp3) is 0.450. The average Bonchev–Trinajstić information content (AvgIpc) is 4.05. The number of aromatic nitrogens is 4. The topological polar surface area (TPSA) is 198 Å². The Morgan fingerprint density at radius 2 is 1.14 bits per heavy atom. The summed E-state index contributed by atoms with van der Waals surface area (Å²) >= 11 is 0. The van der Waals surface area contributed by atoms with Crippen molar-refractivity contribution in [2.45, 2.75) is 77.5 Å². The number of aromatic amines is 2. The summed E-state index contributed by atoms with van der Waals surface area (Å²) < 4.78 is 25.0. The van der Waals surface area contributed by atoms with Crippen LogP contribution in [0, 0.1) is 11.8 Å². The molecule has 2 aromatic carbocycles. The van der Waals surface area contributed by atoms with Gasteiger partial charge in [0.25, 0.3) is 0 Å². The molecule has 5 aromatic rings. The maximum absolute atomic E-state index is 14.0. The van der Waals surface area contributed by atoms with Crippen LogP contribution in [-0.4, -0.2) is 97.7 Å². The van der Waals surface area contributed by atoms with E-state index in [4.69, 9.17) is 9.47 Å². The Kier molecular flexibility index (Phi) is 11.0. The lowest BCUT2D eigenvalue weighted by Crippen LogP contribution is -2.51. The molecule has 4 amide bonds. The van der Waals surface area contributed by atoms with Crippen molar-refractivity contribution in [3.8, 4) is 22.5 Å². The van der Waals surface area contributed by atoms with Gasteiger partial charge >= 0.3 is 12.2 Å². The molecule has 7 rings (SSSR count). The van der Waals surface area contributed by atoms with Gasteiger partial charge in [0.2, 0.25) is 11.8 Å². The molecule has 0 radical (unpaired) electrons. The number of thiophene rings is 1. The lowest BCUT2D eigenvalue weighted by molar-refractivity contribution is -0.136. The maximum Gasteiger partial charge on any atom is 0.407 e. The molecule has 56 heavy (non-hydrogen) atoms. The van der Waals surface area contributed by atoms with Crippen LogP contribution in [0.2, 0.25) is 0 Å². The number of rotatable bonds is 10. The molecule has 2 saturated heterocycles. The second-order valence-electron chi connectivity index (χ2n) is 15.1. The summed E-state index contributed by atoms with van der Waals surface area (Å²) in [5.74, 6) is 0.679. The van der Waals surface area contributed by atoms with Gasteiger partial charge in [-0.2, -0.15) is 0 Å². The molecule has 0 saturated carbocycles. The molecule has 2 fully saturated rings. The van der Waals surface area contributed by atoms with Crippen molar-refractivity contribution in [3.63, 3.8) is 0 Å². The standard InChI is InChI=1S/C40H48N8O7S/c1-21(2)33(45-39(51)54-5)37(49)47-15-7-9-29(47)35-41-19-27(43-35)23-11-13-25-26-14-12-24(18-32(26)56(53)31(25)17-23)28-20-42-36(44-28)30-10-8-16-48(30)38(50)34(22(3)4)46-40(52)55-6/h11-14,17-22,29-30,33-34H,7-10,15-16H2,1-6H3,(H,41,43)(H,42,44)(H,45,51)(H,46,52). The molecule has 296 valence electrons. The van der Waals surface area contributed by atoms with E-state index in [2.05, 4.69) is 30.6 Å². The molecular formula is C40H48N8O7S. The number of ether oxygens (including phenoxy) is 2. The first-order valence-electron chi connectivity index (χ1n) is 19.0. The summed E-state index contributed by atoms with van der Waals surface area (Å²) in [6.07, 6.45) is 5.25. The van der Waals surface area contributed by atoms with Gasteiger partial charge in [0.1, 0.15) is 23.7 Å². The predicted octanol–water partition coefficient (Wildman–Crippen LogP) is 6.59. The molecule has 0 aliphatic carbocycles. The summed E-state index contributed by atoms with van der Waals surface area (Å²) in [6.45, 7) is 8.63. The molecule has 3 aromatic heterocycles. The monoisotopic (exact) mass is 784 g/mol. The van der Waals surface area contributed by atoms with Gasteiger partial charge in [0.05, 0.1) is 50.1 Å². The van der Waals surface area contributed by atoms with Crippen molar-refractivity contribution < 1.29 is 33.2 Å². The Balaban J connectivity index is 1.11. The molecular weight excluding hydrogens is 737 g/mol. The molecule has 4 N–H and O–H groups in total. The van der Waals surface area contributed by atoms with Crippen molar-refractivity contribution in [3.05, 3.63) is 60.4 Å². The normalized spacial score (nSPS) is 18.6. The Morgan fingerprint density at radius 3 is 1.52 bits per heavy atom. The highest BCUT2D eigenvalue weighted by Crippen LogP contribution is 2.44. The third kappa shape index (κ3) is 7.30. The lowest BCUT2D eigenvalue weighted by Gasteiger charge is -2.30. The fourth-order valence-corrected chi connectivity index (χ4v) is 9.40. The van der Waals surface area contributed by atoms with E-state index in [1.807, 2.05) is 64.1 Å². The number of carbonyl (C=O) groups excluding carboxylic acids is 4. The van der Waals surface area contributed by atoms with Crippen LogP contribution in [0.3, 0.4) is 0 Å². The number of hydrogen-bond acceptors (Lipinski definition) is 9. The molecule has 5 heterocycles. The third-order valence-corrected chi connectivity index (χ3v) is 12.4. The number of benzene rings is 2. The first kappa shape index (κ1) is 38.8. The molecule has 0 bridgehead atoms. The highest BCUT2D eigenvalue weighted by Gasteiger charge is 2.39. The van der Waals surface area contributed by atoms with Gasteiger partial charge in [-0.3, -0.25) is 9.59 Å².